The molecule has 0 aliphatic carbocycles. The quantitative estimate of drug-likeness (QED) is 0.855. The zero-order valence-corrected chi connectivity index (χ0v) is 11.1. The molecule has 0 amide bonds. The van der Waals surface area contributed by atoms with Gasteiger partial charge in [0.15, 0.2) is 0 Å². The lowest BCUT2D eigenvalue weighted by atomic mass is 10.1. The SMILES string of the molecule is Oc1nc(Cl)c2c(n1)CN(Cc1ccccc1)CC2. The highest BCUT2D eigenvalue weighted by Crippen LogP contribution is 2.25. The smallest absolute Gasteiger partial charge is 0.315 e. The molecule has 0 fully saturated rings. The summed E-state index contributed by atoms with van der Waals surface area (Å²) in [7, 11) is 0. The molecular formula is C14H14ClN3O. The second-order valence-electron chi connectivity index (χ2n) is 4.69. The van der Waals surface area contributed by atoms with Gasteiger partial charge in [0.05, 0.1) is 5.69 Å². The van der Waals surface area contributed by atoms with Crippen molar-refractivity contribution >= 4 is 11.6 Å². The molecule has 98 valence electrons. The van der Waals surface area contributed by atoms with Crippen LogP contribution in [0.25, 0.3) is 0 Å². The molecule has 4 nitrogen and oxygen atoms in total. The van der Waals surface area contributed by atoms with Gasteiger partial charge in [-0.25, -0.2) is 0 Å². The van der Waals surface area contributed by atoms with E-state index in [1.54, 1.807) is 0 Å². The molecule has 3 rings (SSSR count). The molecule has 0 saturated heterocycles. The average Bonchev–Trinajstić information content (AvgIpc) is 2.39. The third-order valence-electron chi connectivity index (χ3n) is 3.33. The summed E-state index contributed by atoms with van der Waals surface area (Å²) in [5.41, 5.74) is 3.07. The normalized spacial score (nSPS) is 15.2. The Balaban J connectivity index is 1.79. The molecule has 0 atom stereocenters. The van der Waals surface area contributed by atoms with Crippen molar-refractivity contribution in [2.24, 2.45) is 0 Å². The number of nitrogens with zero attached hydrogens (tertiary/aromatic N) is 3. The van der Waals surface area contributed by atoms with E-state index in [0.717, 1.165) is 30.8 Å². The molecule has 1 aliphatic heterocycles. The fourth-order valence-electron chi connectivity index (χ4n) is 2.40. The van der Waals surface area contributed by atoms with E-state index in [1.807, 2.05) is 18.2 Å². The fraction of sp³-hybridized carbons (Fsp3) is 0.286. The van der Waals surface area contributed by atoms with Crippen molar-refractivity contribution in [3.05, 3.63) is 52.3 Å². The molecule has 19 heavy (non-hydrogen) atoms. The van der Waals surface area contributed by atoms with Crippen LogP contribution in [0.15, 0.2) is 30.3 Å². The van der Waals surface area contributed by atoms with E-state index in [-0.39, 0.29) is 6.01 Å². The fourth-order valence-corrected chi connectivity index (χ4v) is 2.68. The molecule has 5 heteroatoms. The minimum Gasteiger partial charge on any atom is -0.479 e. The monoisotopic (exact) mass is 275 g/mol. The van der Waals surface area contributed by atoms with E-state index in [2.05, 4.69) is 27.0 Å². The molecule has 1 aliphatic rings. The Hall–Kier alpha value is -1.65. The third-order valence-corrected chi connectivity index (χ3v) is 3.64. The Morgan fingerprint density at radius 3 is 2.79 bits per heavy atom. The van der Waals surface area contributed by atoms with Gasteiger partial charge in [-0.2, -0.15) is 9.97 Å². The number of aromatic hydroxyl groups is 1. The number of rotatable bonds is 2. The van der Waals surface area contributed by atoms with Crippen LogP contribution < -0.4 is 0 Å². The van der Waals surface area contributed by atoms with Gasteiger partial charge < -0.3 is 5.11 Å². The number of fused-ring (bicyclic) bond motifs is 1. The predicted octanol–water partition coefficient (Wildman–Crippen LogP) is 2.39. The summed E-state index contributed by atoms with van der Waals surface area (Å²) < 4.78 is 0. The van der Waals surface area contributed by atoms with Crippen molar-refractivity contribution in [3.8, 4) is 6.01 Å². The number of hydrogen-bond donors (Lipinski definition) is 1. The maximum absolute atomic E-state index is 9.42. The largest absolute Gasteiger partial charge is 0.479 e. The van der Waals surface area contributed by atoms with Crippen molar-refractivity contribution in [3.63, 3.8) is 0 Å². The Bertz CT molecular complexity index is 589. The number of hydrogen-bond acceptors (Lipinski definition) is 4. The maximum atomic E-state index is 9.42. The third kappa shape index (κ3) is 2.69. The summed E-state index contributed by atoms with van der Waals surface area (Å²) in [6.45, 7) is 2.50. The predicted molar refractivity (Wildman–Crippen MR) is 73.0 cm³/mol. The molecule has 0 unspecified atom stereocenters. The molecule has 0 bridgehead atoms. The Morgan fingerprint density at radius 1 is 1.21 bits per heavy atom. The first-order valence-corrected chi connectivity index (χ1v) is 6.61. The molecular weight excluding hydrogens is 262 g/mol. The van der Waals surface area contributed by atoms with E-state index in [0.29, 0.717) is 11.7 Å². The summed E-state index contributed by atoms with van der Waals surface area (Å²) >= 11 is 6.03. The molecule has 2 heterocycles. The molecule has 2 aromatic rings. The van der Waals surface area contributed by atoms with Crippen molar-refractivity contribution in [2.75, 3.05) is 6.54 Å². The van der Waals surface area contributed by atoms with E-state index >= 15 is 0 Å². The van der Waals surface area contributed by atoms with Crippen LogP contribution in [-0.2, 0) is 19.5 Å². The van der Waals surface area contributed by atoms with Gasteiger partial charge in [-0.05, 0) is 12.0 Å². The first-order chi connectivity index (χ1) is 9.22. The summed E-state index contributed by atoms with van der Waals surface area (Å²) in [5.74, 6) is 0. The Kier molecular flexibility index (Phi) is 3.36. The van der Waals surface area contributed by atoms with Crippen molar-refractivity contribution in [1.82, 2.24) is 14.9 Å². The lowest BCUT2D eigenvalue weighted by Gasteiger charge is -2.28. The average molecular weight is 276 g/mol. The first kappa shape index (κ1) is 12.4. The zero-order valence-electron chi connectivity index (χ0n) is 10.4. The molecule has 0 radical (unpaired) electrons. The van der Waals surface area contributed by atoms with Crippen LogP contribution in [0, 0.1) is 0 Å². The summed E-state index contributed by atoms with van der Waals surface area (Å²) in [6.07, 6.45) is 0.821. The van der Waals surface area contributed by atoms with Gasteiger partial charge in [0, 0.05) is 25.2 Å². The molecule has 0 spiro atoms. The first-order valence-electron chi connectivity index (χ1n) is 6.23. The Morgan fingerprint density at radius 2 is 2.00 bits per heavy atom. The summed E-state index contributed by atoms with van der Waals surface area (Å²) in [6, 6.07) is 10.1. The summed E-state index contributed by atoms with van der Waals surface area (Å²) in [4.78, 5) is 10.2. The van der Waals surface area contributed by atoms with Crippen LogP contribution in [0.3, 0.4) is 0 Å². The van der Waals surface area contributed by atoms with E-state index < -0.39 is 0 Å². The standard InChI is InChI=1S/C14H14ClN3O/c15-13-11-6-7-18(8-10-4-2-1-3-5-10)9-12(11)16-14(19)17-13/h1-5H,6-9H2,(H,16,17,19). The highest BCUT2D eigenvalue weighted by atomic mass is 35.5. The molecule has 1 aromatic carbocycles. The minimum absolute atomic E-state index is 0.245. The zero-order chi connectivity index (χ0) is 13.2. The van der Waals surface area contributed by atoms with Gasteiger partial charge in [-0.3, -0.25) is 4.90 Å². The van der Waals surface area contributed by atoms with Gasteiger partial charge in [-0.1, -0.05) is 41.9 Å². The highest BCUT2D eigenvalue weighted by Gasteiger charge is 2.21. The van der Waals surface area contributed by atoms with Crippen molar-refractivity contribution in [2.45, 2.75) is 19.5 Å². The van der Waals surface area contributed by atoms with Crippen LogP contribution >= 0.6 is 11.6 Å². The van der Waals surface area contributed by atoms with E-state index in [9.17, 15) is 5.11 Å². The molecule has 0 saturated carbocycles. The number of aromatic nitrogens is 2. The molecule has 1 aromatic heterocycles. The van der Waals surface area contributed by atoms with E-state index in [1.165, 1.54) is 5.56 Å². The topological polar surface area (TPSA) is 49.3 Å². The second-order valence-corrected chi connectivity index (χ2v) is 5.04. The minimum atomic E-state index is -0.245. The number of benzene rings is 1. The van der Waals surface area contributed by atoms with E-state index in [4.69, 9.17) is 11.6 Å². The van der Waals surface area contributed by atoms with Crippen molar-refractivity contribution < 1.29 is 5.11 Å². The lowest BCUT2D eigenvalue weighted by Crippen LogP contribution is -2.31. The van der Waals surface area contributed by atoms with Gasteiger partial charge >= 0.3 is 6.01 Å². The van der Waals surface area contributed by atoms with Gasteiger partial charge in [0.1, 0.15) is 5.15 Å². The Labute approximate surface area is 116 Å². The highest BCUT2D eigenvalue weighted by molar-refractivity contribution is 6.30. The second kappa shape index (κ2) is 5.15. The molecule has 1 N–H and O–H groups in total. The number of halogens is 1. The lowest BCUT2D eigenvalue weighted by molar-refractivity contribution is 0.239. The summed E-state index contributed by atoms with van der Waals surface area (Å²) in [5, 5.41) is 9.80. The maximum Gasteiger partial charge on any atom is 0.315 e. The van der Waals surface area contributed by atoms with Crippen LogP contribution in [0.5, 0.6) is 6.01 Å². The van der Waals surface area contributed by atoms with Crippen LogP contribution in [0.1, 0.15) is 16.8 Å². The van der Waals surface area contributed by atoms with Crippen LogP contribution in [0.4, 0.5) is 0 Å². The van der Waals surface area contributed by atoms with Gasteiger partial charge in [0.25, 0.3) is 0 Å². The van der Waals surface area contributed by atoms with Crippen LogP contribution in [-0.4, -0.2) is 26.5 Å². The van der Waals surface area contributed by atoms with Crippen LogP contribution in [0.2, 0.25) is 5.15 Å². The van der Waals surface area contributed by atoms with Gasteiger partial charge in [0.2, 0.25) is 0 Å². The van der Waals surface area contributed by atoms with Crippen molar-refractivity contribution in [1.29, 1.82) is 0 Å². The van der Waals surface area contributed by atoms with Gasteiger partial charge in [-0.15, -0.1) is 0 Å².